The maximum absolute atomic E-state index is 5.75. The fourth-order valence-corrected chi connectivity index (χ4v) is 3.79. The molecule has 0 N–H and O–H groups in total. The highest BCUT2D eigenvalue weighted by atomic mass is 35.5. The van der Waals surface area contributed by atoms with Crippen LogP contribution in [0, 0.1) is 17.8 Å². The summed E-state index contributed by atoms with van der Waals surface area (Å²) in [5, 5.41) is 0. The summed E-state index contributed by atoms with van der Waals surface area (Å²) in [6, 6.07) is 0. The zero-order valence-corrected chi connectivity index (χ0v) is 11.6. The molecule has 4 heteroatoms. The van der Waals surface area contributed by atoms with E-state index < -0.39 is 0 Å². The predicted octanol–water partition coefficient (Wildman–Crippen LogP) is 3.09. The molecule has 2 saturated carbocycles. The molecule has 0 spiro atoms. The molecule has 1 aromatic rings. The van der Waals surface area contributed by atoms with Gasteiger partial charge in [0.25, 0.3) is 0 Å². The van der Waals surface area contributed by atoms with Gasteiger partial charge in [0.15, 0.2) is 0 Å². The second-order valence-electron chi connectivity index (χ2n) is 5.84. The molecule has 1 aromatic heterocycles. The van der Waals surface area contributed by atoms with Crippen LogP contribution in [0.4, 0.5) is 5.95 Å². The molecule has 0 aliphatic heterocycles. The van der Waals surface area contributed by atoms with Gasteiger partial charge in [0.05, 0.1) is 5.88 Å². The number of nitrogens with zero attached hydrogens (tertiary/aromatic N) is 3. The molecule has 98 valence electrons. The van der Waals surface area contributed by atoms with Gasteiger partial charge < -0.3 is 4.90 Å². The normalized spacial score (nSPS) is 29.8. The fourth-order valence-electron chi connectivity index (χ4n) is 3.65. The van der Waals surface area contributed by atoms with Gasteiger partial charge in [-0.1, -0.05) is 6.42 Å². The number of hydrogen-bond donors (Lipinski definition) is 0. The average molecular weight is 266 g/mol. The van der Waals surface area contributed by atoms with Gasteiger partial charge in [0.2, 0.25) is 5.95 Å². The SMILES string of the molecule is CN(CC1CC2CCC1C2)c1ncc(CCl)cn1. The molecular weight excluding hydrogens is 246 g/mol. The van der Waals surface area contributed by atoms with E-state index in [9.17, 15) is 0 Å². The lowest BCUT2D eigenvalue weighted by molar-refractivity contribution is 0.336. The van der Waals surface area contributed by atoms with Crippen molar-refractivity contribution in [3.05, 3.63) is 18.0 Å². The lowest BCUT2D eigenvalue weighted by Crippen LogP contribution is -2.29. The fraction of sp³-hybridized carbons (Fsp3) is 0.714. The van der Waals surface area contributed by atoms with E-state index in [4.69, 9.17) is 11.6 Å². The number of fused-ring (bicyclic) bond motifs is 2. The zero-order chi connectivity index (χ0) is 12.5. The summed E-state index contributed by atoms with van der Waals surface area (Å²) in [4.78, 5) is 11.0. The Bertz CT molecular complexity index is 406. The number of halogens is 1. The molecule has 2 fully saturated rings. The highest BCUT2D eigenvalue weighted by Crippen LogP contribution is 2.48. The molecule has 2 aliphatic carbocycles. The summed E-state index contributed by atoms with van der Waals surface area (Å²) < 4.78 is 0. The quantitative estimate of drug-likeness (QED) is 0.784. The van der Waals surface area contributed by atoms with E-state index in [1.54, 1.807) is 0 Å². The number of aromatic nitrogens is 2. The van der Waals surface area contributed by atoms with Gasteiger partial charge in [-0.3, -0.25) is 0 Å². The van der Waals surface area contributed by atoms with Crippen molar-refractivity contribution in [3.8, 4) is 0 Å². The van der Waals surface area contributed by atoms with Crippen molar-refractivity contribution in [2.45, 2.75) is 31.6 Å². The van der Waals surface area contributed by atoms with Crippen LogP contribution in [0.15, 0.2) is 12.4 Å². The zero-order valence-electron chi connectivity index (χ0n) is 10.8. The molecule has 3 unspecified atom stereocenters. The highest BCUT2D eigenvalue weighted by molar-refractivity contribution is 6.17. The topological polar surface area (TPSA) is 29.0 Å². The van der Waals surface area contributed by atoms with Crippen LogP contribution in [-0.4, -0.2) is 23.6 Å². The Labute approximate surface area is 114 Å². The van der Waals surface area contributed by atoms with Gasteiger partial charge in [-0.25, -0.2) is 9.97 Å². The van der Waals surface area contributed by atoms with Gasteiger partial charge in [-0.05, 0) is 37.0 Å². The largest absolute Gasteiger partial charge is 0.344 e. The second-order valence-corrected chi connectivity index (χ2v) is 6.11. The van der Waals surface area contributed by atoms with Crippen LogP contribution in [0.1, 0.15) is 31.2 Å². The molecular formula is C14H20ClN3. The van der Waals surface area contributed by atoms with Crippen molar-refractivity contribution in [1.29, 1.82) is 0 Å². The molecule has 0 amide bonds. The minimum atomic E-state index is 0.483. The highest BCUT2D eigenvalue weighted by Gasteiger charge is 2.39. The second kappa shape index (κ2) is 5.04. The Morgan fingerprint density at radius 2 is 2.06 bits per heavy atom. The number of alkyl halides is 1. The van der Waals surface area contributed by atoms with E-state index in [2.05, 4.69) is 21.9 Å². The monoisotopic (exact) mass is 265 g/mol. The molecule has 3 atom stereocenters. The van der Waals surface area contributed by atoms with E-state index >= 15 is 0 Å². The third-order valence-corrected chi connectivity index (χ3v) is 4.89. The van der Waals surface area contributed by atoms with Crippen LogP contribution in [0.3, 0.4) is 0 Å². The lowest BCUT2D eigenvalue weighted by atomic mass is 9.88. The smallest absolute Gasteiger partial charge is 0.225 e. The average Bonchev–Trinajstić information content (AvgIpc) is 3.01. The first-order chi connectivity index (χ1) is 8.76. The van der Waals surface area contributed by atoms with Crippen LogP contribution in [0.2, 0.25) is 0 Å². The molecule has 3 nitrogen and oxygen atoms in total. The number of hydrogen-bond acceptors (Lipinski definition) is 3. The molecule has 2 bridgehead atoms. The Kier molecular flexibility index (Phi) is 3.42. The third kappa shape index (κ3) is 2.33. The van der Waals surface area contributed by atoms with Gasteiger partial charge in [0.1, 0.15) is 0 Å². The molecule has 0 saturated heterocycles. The first-order valence-corrected chi connectivity index (χ1v) is 7.37. The predicted molar refractivity (Wildman–Crippen MR) is 73.8 cm³/mol. The Morgan fingerprint density at radius 3 is 2.61 bits per heavy atom. The van der Waals surface area contributed by atoms with E-state index in [0.29, 0.717) is 5.88 Å². The van der Waals surface area contributed by atoms with E-state index in [1.807, 2.05) is 12.4 Å². The van der Waals surface area contributed by atoms with Crippen molar-refractivity contribution in [1.82, 2.24) is 9.97 Å². The van der Waals surface area contributed by atoms with Crippen molar-refractivity contribution in [3.63, 3.8) is 0 Å². The summed E-state index contributed by atoms with van der Waals surface area (Å²) in [6.45, 7) is 1.10. The molecule has 3 rings (SSSR count). The Balaban J connectivity index is 1.62. The van der Waals surface area contributed by atoms with Crippen LogP contribution in [0.5, 0.6) is 0 Å². The van der Waals surface area contributed by atoms with Gasteiger partial charge in [0, 0.05) is 31.5 Å². The van der Waals surface area contributed by atoms with Gasteiger partial charge in [-0.2, -0.15) is 0 Å². The van der Waals surface area contributed by atoms with E-state index in [0.717, 1.165) is 35.8 Å². The first kappa shape index (κ1) is 12.2. The van der Waals surface area contributed by atoms with Crippen molar-refractivity contribution in [2.24, 2.45) is 17.8 Å². The molecule has 2 aliphatic rings. The van der Waals surface area contributed by atoms with E-state index in [-0.39, 0.29) is 0 Å². The van der Waals surface area contributed by atoms with Crippen LogP contribution >= 0.6 is 11.6 Å². The van der Waals surface area contributed by atoms with Gasteiger partial charge >= 0.3 is 0 Å². The summed E-state index contributed by atoms with van der Waals surface area (Å²) >= 11 is 5.75. The number of rotatable bonds is 4. The minimum Gasteiger partial charge on any atom is -0.344 e. The van der Waals surface area contributed by atoms with Crippen LogP contribution in [0.25, 0.3) is 0 Å². The summed E-state index contributed by atoms with van der Waals surface area (Å²) in [5.74, 6) is 4.13. The Morgan fingerprint density at radius 1 is 1.28 bits per heavy atom. The van der Waals surface area contributed by atoms with Crippen molar-refractivity contribution >= 4 is 17.5 Å². The van der Waals surface area contributed by atoms with E-state index in [1.165, 1.54) is 25.7 Å². The lowest BCUT2D eigenvalue weighted by Gasteiger charge is -2.27. The molecule has 18 heavy (non-hydrogen) atoms. The van der Waals surface area contributed by atoms with Crippen molar-refractivity contribution in [2.75, 3.05) is 18.5 Å². The Hall–Kier alpha value is -0.830. The summed E-state index contributed by atoms with van der Waals surface area (Å²) in [5.41, 5.74) is 0.980. The van der Waals surface area contributed by atoms with Crippen molar-refractivity contribution < 1.29 is 0 Å². The maximum atomic E-state index is 5.75. The summed E-state index contributed by atoms with van der Waals surface area (Å²) in [7, 11) is 2.10. The van der Waals surface area contributed by atoms with Crippen LogP contribution in [-0.2, 0) is 5.88 Å². The molecule has 0 radical (unpaired) electrons. The number of anilines is 1. The summed E-state index contributed by atoms with van der Waals surface area (Å²) in [6.07, 6.45) is 9.43. The molecule has 0 aromatic carbocycles. The standard InChI is InChI=1S/C14H20ClN3/c1-18(14-16-7-11(6-15)8-17-14)9-13-5-10-2-3-12(13)4-10/h7-8,10,12-13H,2-6,9H2,1H3. The minimum absolute atomic E-state index is 0.483. The first-order valence-electron chi connectivity index (χ1n) is 6.84. The maximum Gasteiger partial charge on any atom is 0.225 e. The van der Waals surface area contributed by atoms with Gasteiger partial charge in [-0.15, -0.1) is 11.6 Å². The van der Waals surface area contributed by atoms with Crippen LogP contribution < -0.4 is 4.90 Å². The third-order valence-electron chi connectivity index (χ3n) is 4.58. The molecule has 1 heterocycles.